The zero-order valence-corrected chi connectivity index (χ0v) is 15.9. The van der Waals surface area contributed by atoms with Crippen LogP contribution in [0.5, 0.6) is 5.75 Å². The van der Waals surface area contributed by atoms with Gasteiger partial charge in [0.25, 0.3) is 0 Å². The average Bonchev–Trinajstić information content (AvgIpc) is 3.04. The van der Waals surface area contributed by atoms with Crippen molar-refractivity contribution >= 4 is 40.1 Å². The number of fused-ring (bicyclic) bond motifs is 1. The minimum Gasteiger partial charge on any atom is -0.494 e. The van der Waals surface area contributed by atoms with Gasteiger partial charge in [0.2, 0.25) is 11.7 Å². The molecule has 10 heteroatoms. The number of halogens is 1. The molecule has 1 unspecified atom stereocenters. The van der Waals surface area contributed by atoms with Gasteiger partial charge in [-0.3, -0.25) is 14.9 Å². The number of nitro groups is 1. The van der Waals surface area contributed by atoms with Gasteiger partial charge in [-0.25, -0.2) is 4.98 Å². The molecule has 0 radical (unpaired) electrons. The van der Waals surface area contributed by atoms with Crippen LogP contribution >= 0.6 is 11.8 Å². The number of aromatic amines is 1. The van der Waals surface area contributed by atoms with Crippen LogP contribution in [0.3, 0.4) is 0 Å². The quantitative estimate of drug-likeness (QED) is 0.348. The number of benzene rings is 2. The minimum absolute atomic E-state index is 0.150. The lowest BCUT2D eigenvalue weighted by atomic mass is 10.2. The number of anilines is 1. The molecule has 0 aliphatic rings. The van der Waals surface area contributed by atoms with Gasteiger partial charge in [-0.15, -0.1) is 0 Å². The number of hydrogen-bond acceptors (Lipinski definition) is 6. The van der Waals surface area contributed by atoms with Gasteiger partial charge in [-0.1, -0.05) is 11.8 Å². The molecular formula is C18H17FN4O4S. The van der Waals surface area contributed by atoms with Crippen LogP contribution in [0.15, 0.2) is 41.6 Å². The molecule has 0 aliphatic carbocycles. The molecule has 0 saturated heterocycles. The number of imidazole rings is 1. The van der Waals surface area contributed by atoms with E-state index in [1.54, 1.807) is 6.92 Å². The fourth-order valence-corrected chi connectivity index (χ4v) is 3.29. The minimum atomic E-state index is -0.959. The molecule has 2 N–H and O–H groups in total. The number of thioether (sulfide) groups is 1. The van der Waals surface area contributed by atoms with E-state index >= 15 is 0 Å². The molecule has 146 valence electrons. The van der Waals surface area contributed by atoms with Crippen molar-refractivity contribution in [2.45, 2.75) is 24.3 Å². The predicted octanol–water partition coefficient (Wildman–Crippen LogP) is 4.13. The van der Waals surface area contributed by atoms with Crippen LogP contribution in [-0.4, -0.2) is 32.7 Å². The van der Waals surface area contributed by atoms with Gasteiger partial charge in [-0.05, 0) is 38.1 Å². The SMILES string of the molecule is CCOc1ccc2nc(SC(C)C(=O)Nc3ccc(F)c([N+](=O)[O-])c3)[nH]c2c1. The van der Waals surface area contributed by atoms with E-state index in [0.717, 1.165) is 28.9 Å². The molecular weight excluding hydrogens is 387 g/mol. The molecule has 0 bridgehead atoms. The maximum Gasteiger partial charge on any atom is 0.306 e. The fourth-order valence-electron chi connectivity index (χ4n) is 2.47. The highest BCUT2D eigenvalue weighted by Gasteiger charge is 2.19. The molecule has 1 atom stereocenters. The molecule has 1 amide bonds. The first-order chi connectivity index (χ1) is 13.4. The predicted molar refractivity (Wildman–Crippen MR) is 104 cm³/mol. The molecule has 1 heterocycles. The Labute approximate surface area is 163 Å². The van der Waals surface area contributed by atoms with Gasteiger partial charge < -0.3 is 15.0 Å². The van der Waals surface area contributed by atoms with E-state index < -0.39 is 21.7 Å². The standard InChI is InChI=1S/C18H17FN4O4S/c1-3-27-12-5-7-14-15(9-12)22-18(21-14)28-10(2)17(24)20-11-4-6-13(19)16(8-11)23(25)26/h4-10H,3H2,1-2H3,(H,20,24)(H,21,22). The normalized spacial score (nSPS) is 12.0. The number of aromatic nitrogens is 2. The van der Waals surface area contributed by atoms with Crippen LogP contribution in [-0.2, 0) is 4.79 Å². The van der Waals surface area contributed by atoms with E-state index in [2.05, 4.69) is 15.3 Å². The van der Waals surface area contributed by atoms with Crippen molar-refractivity contribution in [2.75, 3.05) is 11.9 Å². The van der Waals surface area contributed by atoms with E-state index in [-0.39, 0.29) is 11.6 Å². The summed E-state index contributed by atoms with van der Waals surface area (Å²) in [6, 6.07) is 8.68. The van der Waals surface area contributed by atoms with E-state index in [1.807, 2.05) is 25.1 Å². The van der Waals surface area contributed by atoms with Gasteiger partial charge in [0.15, 0.2) is 5.16 Å². The van der Waals surface area contributed by atoms with Crippen molar-refractivity contribution in [3.8, 4) is 5.75 Å². The number of H-pyrrole nitrogens is 1. The van der Waals surface area contributed by atoms with Crippen molar-refractivity contribution < 1.29 is 18.8 Å². The number of ether oxygens (including phenoxy) is 1. The van der Waals surface area contributed by atoms with Crippen LogP contribution in [0.1, 0.15) is 13.8 Å². The summed E-state index contributed by atoms with van der Waals surface area (Å²) in [5.74, 6) is -0.626. The number of nitrogens with one attached hydrogen (secondary N) is 2. The second-order valence-electron chi connectivity index (χ2n) is 5.83. The Kier molecular flexibility index (Phi) is 5.78. The lowest BCUT2D eigenvalue weighted by Crippen LogP contribution is -2.22. The molecule has 3 rings (SSSR count). The van der Waals surface area contributed by atoms with Crippen LogP contribution < -0.4 is 10.1 Å². The molecule has 0 saturated carbocycles. The number of carbonyl (C=O) groups is 1. The van der Waals surface area contributed by atoms with Crippen LogP contribution in [0.4, 0.5) is 15.8 Å². The highest BCUT2D eigenvalue weighted by Crippen LogP contribution is 2.27. The van der Waals surface area contributed by atoms with Crippen molar-refractivity contribution in [1.29, 1.82) is 0 Å². The molecule has 0 spiro atoms. The summed E-state index contributed by atoms with van der Waals surface area (Å²) in [7, 11) is 0. The third-order valence-electron chi connectivity index (χ3n) is 3.81. The Morgan fingerprint density at radius 3 is 2.89 bits per heavy atom. The maximum atomic E-state index is 13.4. The second-order valence-corrected chi connectivity index (χ2v) is 7.16. The highest BCUT2D eigenvalue weighted by molar-refractivity contribution is 8.00. The van der Waals surface area contributed by atoms with E-state index in [4.69, 9.17) is 4.74 Å². The third kappa shape index (κ3) is 4.39. The molecule has 0 fully saturated rings. The Morgan fingerprint density at radius 2 is 2.18 bits per heavy atom. The largest absolute Gasteiger partial charge is 0.494 e. The molecule has 3 aromatic rings. The number of hydrogen-bond donors (Lipinski definition) is 2. The van der Waals surface area contributed by atoms with Crippen LogP contribution in [0.25, 0.3) is 11.0 Å². The van der Waals surface area contributed by atoms with Crippen LogP contribution in [0, 0.1) is 15.9 Å². The Hall–Kier alpha value is -3.14. The number of rotatable bonds is 7. The molecule has 28 heavy (non-hydrogen) atoms. The van der Waals surface area contributed by atoms with E-state index in [0.29, 0.717) is 11.8 Å². The fraction of sp³-hybridized carbons (Fsp3) is 0.222. The Morgan fingerprint density at radius 1 is 1.39 bits per heavy atom. The van der Waals surface area contributed by atoms with Gasteiger partial charge in [-0.2, -0.15) is 4.39 Å². The summed E-state index contributed by atoms with van der Waals surface area (Å²) in [5.41, 5.74) is 0.986. The van der Waals surface area contributed by atoms with Crippen LogP contribution in [0.2, 0.25) is 0 Å². The van der Waals surface area contributed by atoms with Gasteiger partial charge in [0.1, 0.15) is 5.75 Å². The first-order valence-corrected chi connectivity index (χ1v) is 9.29. The first kappa shape index (κ1) is 19.6. The summed E-state index contributed by atoms with van der Waals surface area (Å²) in [6.45, 7) is 4.13. The zero-order valence-electron chi connectivity index (χ0n) is 15.1. The van der Waals surface area contributed by atoms with E-state index in [1.165, 1.54) is 17.8 Å². The first-order valence-electron chi connectivity index (χ1n) is 8.41. The van der Waals surface area contributed by atoms with E-state index in [9.17, 15) is 19.3 Å². The monoisotopic (exact) mass is 404 g/mol. The maximum absolute atomic E-state index is 13.4. The smallest absolute Gasteiger partial charge is 0.306 e. The summed E-state index contributed by atoms with van der Waals surface area (Å²) in [4.78, 5) is 29.9. The molecule has 0 aliphatic heterocycles. The summed E-state index contributed by atoms with van der Waals surface area (Å²) < 4.78 is 18.9. The average molecular weight is 404 g/mol. The highest BCUT2D eigenvalue weighted by atomic mass is 32.2. The van der Waals surface area contributed by atoms with Crippen molar-refractivity contribution in [1.82, 2.24) is 9.97 Å². The summed E-state index contributed by atoms with van der Waals surface area (Å²) in [5, 5.41) is 13.4. The Balaban J connectivity index is 1.69. The number of nitro benzene ring substituents is 1. The lowest BCUT2D eigenvalue weighted by molar-refractivity contribution is -0.387. The van der Waals surface area contributed by atoms with Crippen molar-refractivity contribution in [3.63, 3.8) is 0 Å². The lowest BCUT2D eigenvalue weighted by Gasteiger charge is -2.10. The zero-order chi connectivity index (χ0) is 20.3. The second kappa shape index (κ2) is 8.26. The van der Waals surface area contributed by atoms with Gasteiger partial charge >= 0.3 is 5.69 Å². The number of carbonyl (C=O) groups excluding carboxylic acids is 1. The van der Waals surface area contributed by atoms with Gasteiger partial charge in [0, 0.05) is 17.8 Å². The molecule has 8 nitrogen and oxygen atoms in total. The molecule has 1 aromatic heterocycles. The van der Waals surface area contributed by atoms with Crippen molar-refractivity contribution in [3.05, 3.63) is 52.3 Å². The number of amides is 1. The summed E-state index contributed by atoms with van der Waals surface area (Å²) >= 11 is 1.20. The Bertz CT molecular complexity index is 1040. The van der Waals surface area contributed by atoms with Gasteiger partial charge in [0.05, 0.1) is 27.8 Å². The topological polar surface area (TPSA) is 110 Å². The number of nitrogens with zero attached hydrogens (tertiary/aromatic N) is 2. The third-order valence-corrected chi connectivity index (χ3v) is 4.79. The summed E-state index contributed by atoms with van der Waals surface area (Å²) in [6.07, 6.45) is 0. The van der Waals surface area contributed by atoms with Crippen molar-refractivity contribution in [2.24, 2.45) is 0 Å². The molecule has 2 aromatic carbocycles.